The number of carbonyl (C=O) groups is 1. The average molecular weight is 1250 g/mol. The van der Waals surface area contributed by atoms with Crippen molar-refractivity contribution in [3.8, 4) is 33.5 Å². The number of allylic oxidation sites excluding steroid dienone is 1. The van der Waals surface area contributed by atoms with Crippen molar-refractivity contribution in [2.75, 3.05) is 83.5 Å². The lowest BCUT2D eigenvalue weighted by Gasteiger charge is -2.33. The fourth-order valence-corrected chi connectivity index (χ4v) is 12.7. The van der Waals surface area contributed by atoms with Gasteiger partial charge in [-0.3, -0.25) is 9.52 Å². The first-order chi connectivity index (χ1) is 42.2. The molecule has 0 amide bonds. The third-order valence-corrected chi connectivity index (χ3v) is 17.5. The third-order valence-electron chi connectivity index (χ3n) is 15.4. The maximum absolute atomic E-state index is 14.1. The summed E-state index contributed by atoms with van der Waals surface area (Å²) in [5, 5.41) is 11.2. The van der Waals surface area contributed by atoms with Crippen LogP contribution >= 0.6 is 34.9 Å². The van der Waals surface area contributed by atoms with Gasteiger partial charge in [0.1, 0.15) is 18.6 Å². The first-order valence-corrected chi connectivity index (χ1v) is 31.4. The van der Waals surface area contributed by atoms with Gasteiger partial charge in [0.25, 0.3) is 6.01 Å². The number of nitrogens with one attached hydrogen (secondary N) is 4. The zero-order valence-electron chi connectivity index (χ0n) is 49.0. The molecule has 10 rings (SSSR count). The van der Waals surface area contributed by atoms with Crippen molar-refractivity contribution in [2.45, 2.75) is 75.1 Å². The highest BCUT2D eigenvalue weighted by molar-refractivity contribution is 7.97. The van der Waals surface area contributed by atoms with E-state index in [1.165, 1.54) is 20.9 Å². The number of aldehydes is 1. The molecule has 0 saturated carbocycles. The predicted molar refractivity (Wildman–Crippen MR) is 346 cm³/mol. The van der Waals surface area contributed by atoms with Crippen LogP contribution in [-0.4, -0.2) is 120 Å². The Morgan fingerprint density at radius 1 is 0.897 bits per heavy atom. The van der Waals surface area contributed by atoms with Gasteiger partial charge in [-0.25, -0.2) is 5.84 Å². The number of nitrogens with zero attached hydrogens (tertiary/aromatic N) is 5. The van der Waals surface area contributed by atoms with Crippen LogP contribution in [0.3, 0.4) is 0 Å². The molecule has 8 N–H and O–H groups in total. The summed E-state index contributed by atoms with van der Waals surface area (Å²) < 4.78 is 72.1. The van der Waals surface area contributed by atoms with Gasteiger partial charge in [-0.2, -0.15) is 18.2 Å². The number of hydrazine groups is 1. The van der Waals surface area contributed by atoms with Crippen molar-refractivity contribution in [2.24, 2.45) is 18.6 Å². The molecular formula is C65H75ClF3N11O5S2. The maximum atomic E-state index is 14.1. The topological polar surface area (TPSA) is 187 Å². The van der Waals surface area contributed by atoms with Gasteiger partial charge in [-0.1, -0.05) is 29.8 Å². The number of carbonyl (C=O) groups excluding carboxylic acids is 1. The molecule has 460 valence electrons. The maximum Gasteiger partial charge on any atom is 0.406 e. The van der Waals surface area contributed by atoms with Crippen molar-refractivity contribution in [1.82, 2.24) is 33.7 Å². The van der Waals surface area contributed by atoms with Crippen LogP contribution in [0.15, 0.2) is 138 Å². The van der Waals surface area contributed by atoms with Gasteiger partial charge in [0.2, 0.25) is 0 Å². The number of alkyl halides is 3. The molecule has 5 heterocycles. The Bertz CT molecular complexity index is 3750. The lowest BCUT2D eigenvalue weighted by atomic mass is 10.0. The minimum absolute atomic E-state index is 0.229. The molecule has 87 heavy (non-hydrogen) atoms. The van der Waals surface area contributed by atoms with E-state index in [0.29, 0.717) is 104 Å². The molecule has 4 aromatic heterocycles. The number of H-pyrrole nitrogens is 1. The highest BCUT2D eigenvalue weighted by Gasteiger charge is 2.31. The first kappa shape index (κ1) is 63.0. The summed E-state index contributed by atoms with van der Waals surface area (Å²) in [5.41, 5.74) is 15.6. The number of aryl methyl sites for hydroxylation is 2. The lowest BCUT2D eigenvalue weighted by molar-refractivity contribution is -0.139. The molecule has 0 spiro atoms. The van der Waals surface area contributed by atoms with E-state index in [-0.39, 0.29) is 12.1 Å². The SMILES string of the molecule is CNSc1ccc(NCc2ccc(-c3cc4c(NC5CCN(CCCCCOCCOCCOCCN(N)/C=C(\N)CCc6ccc(Oc7nc8cc(-c9ccc%10c(ccn%10C)c9)c(Cl)cc8[nH]7)cc6C=O)CC5)cccc4n3CC(F)(F)F)s2)cc1. The van der Waals surface area contributed by atoms with E-state index in [1.54, 1.807) is 36.3 Å². The van der Waals surface area contributed by atoms with Crippen LogP contribution in [0.4, 0.5) is 24.5 Å². The zero-order chi connectivity index (χ0) is 60.7. The molecule has 1 aliphatic heterocycles. The van der Waals surface area contributed by atoms with Gasteiger partial charge in [-0.05, 0) is 179 Å². The molecule has 1 aliphatic rings. The molecule has 9 aromatic rings. The highest BCUT2D eigenvalue weighted by atomic mass is 35.5. The molecule has 0 unspecified atom stereocenters. The van der Waals surface area contributed by atoms with Crippen LogP contribution in [0.25, 0.3) is 54.5 Å². The van der Waals surface area contributed by atoms with Crippen molar-refractivity contribution in [1.29, 1.82) is 0 Å². The molecule has 0 aliphatic carbocycles. The largest absolute Gasteiger partial charge is 0.426 e. The molecule has 16 nitrogen and oxygen atoms in total. The normalized spacial score (nSPS) is 13.6. The van der Waals surface area contributed by atoms with Crippen LogP contribution in [0.1, 0.15) is 59.3 Å². The van der Waals surface area contributed by atoms with Crippen LogP contribution in [-0.2, 0) is 40.8 Å². The highest BCUT2D eigenvalue weighted by Crippen LogP contribution is 2.39. The Morgan fingerprint density at radius 3 is 2.47 bits per heavy atom. The number of piperidine rings is 1. The minimum atomic E-state index is -4.38. The van der Waals surface area contributed by atoms with Gasteiger partial charge in [0.05, 0.1) is 71.7 Å². The fraction of sp³-hybridized carbons (Fsp3) is 0.354. The summed E-state index contributed by atoms with van der Waals surface area (Å²) in [5.74, 6) is 6.65. The van der Waals surface area contributed by atoms with Crippen molar-refractivity contribution in [3.63, 3.8) is 0 Å². The van der Waals surface area contributed by atoms with Crippen LogP contribution in [0, 0.1) is 0 Å². The number of hydrogen-bond donors (Lipinski definition) is 6. The van der Waals surface area contributed by atoms with Crippen LogP contribution in [0.5, 0.6) is 11.8 Å². The molecule has 0 atom stereocenters. The summed E-state index contributed by atoms with van der Waals surface area (Å²) in [4.78, 5) is 25.4. The molecule has 0 bridgehead atoms. The number of unbranched alkanes of at least 4 members (excludes halogenated alkanes) is 2. The van der Waals surface area contributed by atoms with Gasteiger partial charge >= 0.3 is 6.18 Å². The number of likely N-dealkylation sites (tertiary alicyclic amines) is 1. The third kappa shape index (κ3) is 17.4. The smallest absolute Gasteiger partial charge is 0.406 e. The number of imidazole rings is 1. The summed E-state index contributed by atoms with van der Waals surface area (Å²) in [6.45, 7) is 5.84. The molecular weight excluding hydrogens is 1170 g/mol. The van der Waals surface area contributed by atoms with Crippen LogP contribution in [0.2, 0.25) is 5.02 Å². The quantitative estimate of drug-likeness (QED) is 0.00769. The van der Waals surface area contributed by atoms with E-state index in [9.17, 15) is 18.0 Å². The second-order valence-electron chi connectivity index (χ2n) is 21.7. The van der Waals surface area contributed by atoms with Crippen LogP contribution < -0.4 is 31.7 Å². The molecule has 1 fully saturated rings. The Balaban J connectivity index is 0.559. The van der Waals surface area contributed by atoms with Crippen molar-refractivity contribution >= 4 is 85.4 Å². The number of nitrogens with two attached hydrogens (primary N) is 2. The number of anilines is 2. The Labute approximate surface area is 518 Å². The number of benzene rings is 5. The Morgan fingerprint density at radius 2 is 1.69 bits per heavy atom. The van der Waals surface area contributed by atoms with Gasteiger partial charge in [0.15, 0.2) is 0 Å². The molecule has 1 saturated heterocycles. The summed E-state index contributed by atoms with van der Waals surface area (Å²) in [6.07, 6.45) is 6.20. The number of halogens is 4. The first-order valence-electron chi connectivity index (χ1n) is 29.4. The lowest BCUT2D eigenvalue weighted by Crippen LogP contribution is -2.39. The van der Waals surface area contributed by atoms with E-state index >= 15 is 0 Å². The van der Waals surface area contributed by atoms with E-state index < -0.39 is 12.7 Å². The van der Waals surface area contributed by atoms with Gasteiger partial charge in [0, 0.05) is 106 Å². The molecule has 22 heteroatoms. The number of aromatic nitrogens is 4. The van der Waals surface area contributed by atoms with E-state index in [4.69, 9.17) is 42.1 Å². The van der Waals surface area contributed by atoms with Gasteiger partial charge in [-0.15, -0.1) is 11.3 Å². The number of fused-ring (bicyclic) bond motifs is 3. The summed E-state index contributed by atoms with van der Waals surface area (Å²) >= 11 is 9.80. The van der Waals surface area contributed by atoms with E-state index in [1.807, 2.05) is 93.1 Å². The number of thiophene rings is 1. The molecule has 0 radical (unpaired) electrons. The van der Waals surface area contributed by atoms with Crippen molar-refractivity contribution < 1.29 is 36.9 Å². The Kier molecular flexibility index (Phi) is 21.9. The number of aromatic amines is 1. The van der Waals surface area contributed by atoms with E-state index in [2.05, 4.69) is 59.1 Å². The van der Waals surface area contributed by atoms with E-state index in [0.717, 1.165) is 123 Å². The second kappa shape index (κ2) is 30.2. The number of hydrogen-bond acceptors (Lipinski definition) is 15. The van der Waals surface area contributed by atoms with Gasteiger partial charge < -0.3 is 59.3 Å². The minimum Gasteiger partial charge on any atom is -0.426 e. The average Bonchev–Trinajstić information content (AvgIpc) is 1.85. The standard InChI is InChI=1S/C65H75ClF3N11O5S2/c1-72-87-52-16-13-49(14-17-52)73-40-53-18-20-63(86-53)62-38-55-57(7-6-8-61(55)80(62)43-65(67,68)69)74-50-22-26-78(27-23-50)24-4-3-5-29-82-31-33-84-34-32-83-30-28-79(71)41-48(70)12-9-44-10-15-51(36-47(44)42-81)85-64-75-58-37-54(56(66)39-59(58)76-64)45-11-19-60-46(35-45)21-25-77(60)2/h6-8,10-11,13-21,25,35-39,41-42,50,72-74H,3-5,9,12,22-24,26-34,40,43,70-71H2,1-2H3,(H,75,76)/b48-41-. The van der Waals surface area contributed by atoms with Crippen molar-refractivity contribution in [3.05, 3.63) is 154 Å². The molecule has 5 aromatic carbocycles. The fourth-order valence-electron chi connectivity index (χ4n) is 10.9. The number of rotatable bonds is 32. The zero-order valence-corrected chi connectivity index (χ0v) is 51.4. The monoisotopic (exact) mass is 1250 g/mol. The Hall–Kier alpha value is -7.05. The second-order valence-corrected chi connectivity index (χ2v) is 24.4. The summed E-state index contributed by atoms with van der Waals surface area (Å²) in [7, 11) is 3.90. The predicted octanol–water partition coefficient (Wildman–Crippen LogP) is 13.8. The number of ether oxygens (including phenoxy) is 4. The summed E-state index contributed by atoms with van der Waals surface area (Å²) in [6, 6.07) is 37.5.